The molecule has 0 saturated heterocycles. The van der Waals surface area contributed by atoms with Crippen molar-refractivity contribution < 1.29 is 5.11 Å². The van der Waals surface area contributed by atoms with E-state index in [4.69, 9.17) is 11.6 Å². The van der Waals surface area contributed by atoms with E-state index in [1.54, 1.807) is 6.20 Å². The van der Waals surface area contributed by atoms with Crippen molar-refractivity contribution in [2.75, 3.05) is 18.5 Å². The van der Waals surface area contributed by atoms with Crippen LogP contribution in [0.3, 0.4) is 0 Å². The molecule has 0 aliphatic heterocycles. The Morgan fingerprint density at radius 2 is 2.11 bits per heavy atom. The second-order valence-corrected chi connectivity index (χ2v) is 4.48. The molecule has 0 aromatic carbocycles. The third-order valence-corrected chi connectivity index (χ3v) is 3.14. The summed E-state index contributed by atoms with van der Waals surface area (Å²) in [5.41, 5.74) is 1.56. The number of nitrogens with zero attached hydrogens (tertiary/aromatic N) is 4. The Kier molecular flexibility index (Phi) is 4.65. The van der Waals surface area contributed by atoms with Crippen LogP contribution in [0.4, 0.5) is 5.82 Å². The summed E-state index contributed by atoms with van der Waals surface area (Å²) in [6, 6.07) is 5.83. The monoisotopic (exact) mass is 278 g/mol. The number of anilines is 1. The normalized spacial score (nSPS) is 10.5. The molecule has 6 heteroatoms. The van der Waals surface area contributed by atoms with Crippen LogP contribution in [0.25, 0.3) is 0 Å². The predicted molar refractivity (Wildman–Crippen MR) is 74.2 cm³/mol. The Bertz CT molecular complexity index is 535. The molecule has 0 amide bonds. The van der Waals surface area contributed by atoms with Gasteiger partial charge in [-0.3, -0.25) is 4.98 Å². The Morgan fingerprint density at radius 3 is 2.79 bits per heavy atom. The van der Waals surface area contributed by atoms with E-state index in [1.807, 2.05) is 30.1 Å². The second-order valence-electron chi connectivity index (χ2n) is 4.12. The lowest BCUT2D eigenvalue weighted by atomic mass is 10.2. The molecule has 0 radical (unpaired) electrons. The Hall–Kier alpha value is -1.72. The minimum Gasteiger partial charge on any atom is -0.391 e. The van der Waals surface area contributed by atoms with Crippen LogP contribution in [0.5, 0.6) is 0 Å². The SMILES string of the molecule is CN(CCc1ccccn1)c1ncnc(Cl)c1CO. The minimum atomic E-state index is -0.178. The largest absolute Gasteiger partial charge is 0.391 e. The summed E-state index contributed by atoms with van der Waals surface area (Å²) < 4.78 is 0. The van der Waals surface area contributed by atoms with Gasteiger partial charge in [-0.25, -0.2) is 9.97 Å². The molecule has 0 saturated carbocycles. The number of aliphatic hydroxyl groups excluding tert-OH is 1. The number of aliphatic hydroxyl groups is 1. The fourth-order valence-corrected chi connectivity index (χ4v) is 1.97. The van der Waals surface area contributed by atoms with Gasteiger partial charge in [0.25, 0.3) is 0 Å². The highest BCUT2D eigenvalue weighted by atomic mass is 35.5. The molecule has 0 spiro atoms. The summed E-state index contributed by atoms with van der Waals surface area (Å²) in [7, 11) is 1.90. The van der Waals surface area contributed by atoms with Crippen LogP contribution >= 0.6 is 11.6 Å². The minimum absolute atomic E-state index is 0.178. The lowest BCUT2D eigenvalue weighted by Gasteiger charge is -2.20. The highest BCUT2D eigenvalue weighted by Crippen LogP contribution is 2.22. The van der Waals surface area contributed by atoms with Gasteiger partial charge in [0, 0.05) is 31.9 Å². The second kappa shape index (κ2) is 6.45. The average molecular weight is 279 g/mol. The first-order valence-electron chi connectivity index (χ1n) is 5.93. The molecule has 19 heavy (non-hydrogen) atoms. The van der Waals surface area contributed by atoms with Crippen molar-refractivity contribution in [3.05, 3.63) is 47.1 Å². The first kappa shape index (κ1) is 13.7. The van der Waals surface area contributed by atoms with E-state index in [-0.39, 0.29) is 11.8 Å². The molecule has 5 nitrogen and oxygen atoms in total. The Morgan fingerprint density at radius 1 is 1.26 bits per heavy atom. The summed E-state index contributed by atoms with van der Waals surface area (Å²) in [5.74, 6) is 0.651. The summed E-state index contributed by atoms with van der Waals surface area (Å²) >= 11 is 5.94. The molecule has 2 rings (SSSR count). The van der Waals surface area contributed by atoms with Crippen molar-refractivity contribution >= 4 is 17.4 Å². The molecule has 0 fully saturated rings. The molecule has 2 aromatic heterocycles. The van der Waals surface area contributed by atoms with Crippen LogP contribution in [0.2, 0.25) is 5.15 Å². The number of pyridine rings is 1. The first-order valence-corrected chi connectivity index (χ1v) is 6.31. The Labute approximate surface area is 116 Å². The first-order chi connectivity index (χ1) is 9.22. The average Bonchev–Trinajstić information content (AvgIpc) is 2.45. The molecule has 0 aliphatic rings. The maximum Gasteiger partial charge on any atom is 0.140 e. The molecule has 0 atom stereocenters. The summed E-state index contributed by atoms with van der Waals surface area (Å²) in [4.78, 5) is 14.2. The zero-order chi connectivity index (χ0) is 13.7. The van der Waals surface area contributed by atoms with Crippen molar-refractivity contribution in [1.82, 2.24) is 15.0 Å². The van der Waals surface area contributed by atoms with Crippen LogP contribution < -0.4 is 4.90 Å². The van der Waals surface area contributed by atoms with E-state index in [0.29, 0.717) is 11.4 Å². The van der Waals surface area contributed by atoms with Gasteiger partial charge in [-0.2, -0.15) is 0 Å². The molecule has 0 bridgehead atoms. The lowest BCUT2D eigenvalue weighted by molar-refractivity contribution is 0.281. The van der Waals surface area contributed by atoms with Gasteiger partial charge in [0.1, 0.15) is 17.3 Å². The Balaban J connectivity index is 2.08. The van der Waals surface area contributed by atoms with Gasteiger partial charge in [-0.05, 0) is 12.1 Å². The van der Waals surface area contributed by atoms with Crippen molar-refractivity contribution in [1.29, 1.82) is 0 Å². The highest BCUT2D eigenvalue weighted by Gasteiger charge is 2.12. The lowest BCUT2D eigenvalue weighted by Crippen LogP contribution is -2.23. The zero-order valence-corrected chi connectivity index (χ0v) is 11.4. The van der Waals surface area contributed by atoms with Crippen LogP contribution in [-0.4, -0.2) is 33.7 Å². The van der Waals surface area contributed by atoms with Gasteiger partial charge in [0.15, 0.2) is 0 Å². The van der Waals surface area contributed by atoms with Gasteiger partial charge < -0.3 is 10.0 Å². The molecule has 0 aliphatic carbocycles. The molecular formula is C13H15ClN4O. The number of hydrogen-bond acceptors (Lipinski definition) is 5. The topological polar surface area (TPSA) is 62.1 Å². The maximum atomic E-state index is 9.33. The van der Waals surface area contributed by atoms with Gasteiger partial charge in [-0.15, -0.1) is 0 Å². The van der Waals surface area contributed by atoms with Crippen LogP contribution in [0.15, 0.2) is 30.7 Å². The number of aromatic nitrogens is 3. The zero-order valence-electron chi connectivity index (χ0n) is 10.6. The van der Waals surface area contributed by atoms with Crippen LogP contribution in [0.1, 0.15) is 11.3 Å². The van der Waals surface area contributed by atoms with Crippen molar-refractivity contribution in [3.63, 3.8) is 0 Å². The van der Waals surface area contributed by atoms with Crippen molar-refractivity contribution in [3.8, 4) is 0 Å². The quantitative estimate of drug-likeness (QED) is 0.844. The number of rotatable bonds is 5. The standard InChI is InChI=1S/C13H15ClN4O/c1-18(7-5-10-4-2-3-6-15-10)13-11(8-19)12(14)16-9-17-13/h2-4,6,9,19H,5,7-8H2,1H3. The summed E-state index contributed by atoms with van der Waals surface area (Å²) in [6.45, 7) is 0.556. The number of hydrogen-bond donors (Lipinski definition) is 1. The van der Waals surface area contributed by atoms with E-state index >= 15 is 0 Å². The smallest absolute Gasteiger partial charge is 0.140 e. The fraction of sp³-hybridized carbons (Fsp3) is 0.308. The van der Waals surface area contributed by atoms with E-state index in [0.717, 1.165) is 18.7 Å². The number of likely N-dealkylation sites (N-methyl/N-ethyl adjacent to an activating group) is 1. The molecule has 100 valence electrons. The fourth-order valence-electron chi connectivity index (χ4n) is 1.78. The van der Waals surface area contributed by atoms with Crippen molar-refractivity contribution in [2.24, 2.45) is 0 Å². The highest BCUT2D eigenvalue weighted by molar-refractivity contribution is 6.30. The van der Waals surface area contributed by atoms with Gasteiger partial charge in [-0.1, -0.05) is 17.7 Å². The third-order valence-electron chi connectivity index (χ3n) is 2.82. The number of halogens is 1. The summed E-state index contributed by atoms with van der Waals surface area (Å²) in [6.07, 6.45) is 3.97. The van der Waals surface area contributed by atoms with E-state index in [2.05, 4.69) is 15.0 Å². The van der Waals surface area contributed by atoms with Gasteiger partial charge in [0.05, 0.1) is 12.2 Å². The molecular weight excluding hydrogens is 264 g/mol. The third kappa shape index (κ3) is 3.39. The van der Waals surface area contributed by atoms with Gasteiger partial charge in [0.2, 0.25) is 0 Å². The molecule has 2 heterocycles. The summed E-state index contributed by atoms with van der Waals surface area (Å²) in [5, 5.41) is 9.62. The molecule has 0 unspecified atom stereocenters. The maximum absolute atomic E-state index is 9.33. The molecule has 1 N–H and O–H groups in total. The van der Waals surface area contributed by atoms with Gasteiger partial charge >= 0.3 is 0 Å². The van der Waals surface area contributed by atoms with E-state index < -0.39 is 0 Å². The van der Waals surface area contributed by atoms with Crippen LogP contribution in [0, 0.1) is 0 Å². The molecule has 2 aromatic rings. The predicted octanol–water partition coefficient (Wildman–Crippen LogP) is 1.70. The van der Waals surface area contributed by atoms with E-state index in [1.165, 1.54) is 6.33 Å². The van der Waals surface area contributed by atoms with Crippen molar-refractivity contribution in [2.45, 2.75) is 13.0 Å². The van der Waals surface area contributed by atoms with Crippen LogP contribution in [-0.2, 0) is 13.0 Å². The van der Waals surface area contributed by atoms with E-state index in [9.17, 15) is 5.11 Å².